The van der Waals surface area contributed by atoms with Crippen LogP contribution in [0, 0.1) is 12.7 Å². The summed E-state index contributed by atoms with van der Waals surface area (Å²) in [6.45, 7) is 7.66. The van der Waals surface area contributed by atoms with Gasteiger partial charge in [-0.15, -0.1) is 0 Å². The summed E-state index contributed by atoms with van der Waals surface area (Å²) in [6, 6.07) is 0. The molecule has 1 spiro atoms. The van der Waals surface area contributed by atoms with Crippen molar-refractivity contribution >= 4 is 11.9 Å². The lowest BCUT2D eigenvalue weighted by Gasteiger charge is -2.36. The minimum atomic E-state index is -0.428. The van der Waals surface area contributed by atoms with Gasteiger partial charge in [-0.2, -0.15) is 0 Å². The predicted molar refractivity (Wildman–Crippen MR) is 100.0 cm³/mol. The van der Waals surface area contributed by atoms with Gasteiger partial charge in [0.25, 0.3) is 0 Å². The molecule has 0 bridgehead atoms. The number of nitrogens with zero attached hydrogens (tertiary/aromatic N) is 6. The molecule has 0 saturated carbocycles. The first-order valence-corrected chi connectivity index (χ1v) is 9.66. The van der Waals surface area contributed by atoms with Crippen LogP contribution in [0.1, 0.15) is 23.4 Å². The number of fused-ring (bicyclic) bond motifs is 2. The Labute approximate surface area is 162 Å². The number of aryl methyl sites for hydroxylation is 1. The van der Waals surface area contributed by atoms with Crippen LogP contribution in [0.4, 0.5) is 16.3 Å². The molecule has 9 heteroatoms. The van der Waals surface area contributed by atoms with E-state index in [0.717, 1.165) is 49.0 Å². The zero-order chi connectivity index (χ0) is 19.1. The van der Waals surface area contributed by atoms with E-state index in [4.69, 9.17) is 19.4 Å². The minimum Gasteiger partial charge on any atom is -0.378 e. The normalized spacial score (nSPS) is 24.6. The van der Waals surface area contributed by atoms with Gasteiger partial charge in [-0.1, -0.05) is 0 Å². The van der Waals surface area contributed by atoms with E-state index in [-0.39, 0.29) is 5.41 Å². The summed E-state index contributed by atoms with van der Waals surface area (Å²) in [6.07, 6.45) is 3.31. The van der Waals surface area contributed by atoms with Gasteiger partial charge in [0.05, 0.1) is 49.9 Å². The van der Waals surface area contributed by atoms with Gasteiger partial charge in [0.1, 0.15) is 0 Å². The molecule has 2 aromatic heterocycles. The Morgan fingerprint density at radius 2 is 1.79 bits per heavy atom. The molecule has 0 aromatic carbocycles. The van der Waals surface area contributed by atoms with Crippen LogP contribution in [0.2, 0.25) is 0 Å². The Balaban J connectivity index is 1.49. The summed E-state index contributed by atoms with van der Waals surface area (Å²) in [5, 5.41) is 0. The molecule has 0 N–H and O–H groups in total. The number of hydrogen-bond acceptors (Lipinski definition) is 8. The minimum absolute atomic E-state index is 0.222. The van der Waals surface area contributed by atoms with E-state index >= 15 is 0 Å². The summed E-state index contributed by atoms with van der Waals surface area (Å²) in [7, 11) is 0. The fourth-order valence-corrected chi connectivity index (χ4v) is 4.34. The second-order valence-electron chi connectivity index (χ2n) is 7.68. The quantitative estimate of drug-likeness (QED) is 0.763. The monoisotopic (exact) mass is 386 g/mol. The first-order valence-electron chi connectivity index (χ1n) is 9.66. The van der Waals surface area contributed by atoms with Crippen molar-refractivity contribution < 1.29 is 13.9 Å². The first kappa shape index (κ1) is 17.7. The first-order chi connectivity index (χ1) is 13.6. The van der Waals surface area contributed by atoms with Crippen LogP contribution in [-0.4, -0.2) is 65.9 Å². The van der Waals surface area contributed by atoms with Gasteiger partial charge < -0.3 is 19.3 Å². The van der Waals surface area contributed by atoms with Crippen LogP contribution in [0.3, 0.4) is 0 Å². The molecule has 1 atom stereocenters. The highest BCUT2D eigenvalue weighted by Crippen LogP contribution is 2.41. The molecular weight excluding hydrogens is 363 g/mol. The van der Waals surface area contributed by atoms with E-state index in [2.05, 4.69) is 19.8 Å². The summed E-state index contributed by atoms with van der Waals surface area (Å²) >= 11 is 0. The largest absolute Gasteiger partial charge is 0.378 e. The Morgan fingerprint density at radius 1 is 1.00 bits per heavy atom. The zero-order valence-electron chi connectivity index (χ0n) is 15.9. The number of rotatable bonds is 2. The molecule has 5 heterocycles. The van der Waals surface area contributed by atoms with Crippen LogP contribution in [-0.2, 0) is 21.5 Å². The molecule has 2 aromatic rings. The summed E-state index contributed by atoms with van der Waals surface area (Å²) in [4.78, 5) is 22.3. The molecule has 5 rings (SSSR count). The fraction of sp³-hybridized carbons (Fsp3) is 0.579. The zero-order valence-corrected chi connectivity index (χ0v) is 15.9. The smallest absolute Gasteiger partial charge is 0.225 e. The third-order valence-electron chi connectivity index (χ3n) is 5.87. The Bertz CT molecular complexity index is 873. The molecule has 2 fully saturated rings. The molecule has 8 nitrogen and oxygen atoms in total. The van der Waals surface area contributed by atoms with Gasteiger partial charge in [-0.25, -0.2) is 24.3 Å². The summed E-state index contributed by atoms with van der Waals surface area (Å²) < 4.78 is 24.6. The lowest BCUT2D eigenvalue weighted by atomic mass is 9.80. The molecule has 0 aliphatic carbocycles. The van der Waals surface area contributed by atoms with Crippen molar-refractivity contribution in [2.45, 2.75) is 25.4 Å². The SMILES string of the molecule is Cc1nc(N2CCOCC2)nc2c1COCC21CCN(c2ncc(F)cn2)C1. The molecule has 2 saturated heterocycles. The van der Waals surface area contributed by atoms with Gasteiger partial charge in [-0.3, -0.25) is 0 Å². The molecule has 0 amide bonds. The Hall–Kier alpha value is -2.39. The van der Waals surface area contributed by atoms with E-state index in [9.17, 15) is 4.39 Å². The highest BCUT2D eigenvalue weighted by atomic mass is 19.1. The fourth-order valence-electron chi connectivity index (χ4n) is 4.34. The van der Waals surface area contributed by atoms with Crippen molar-refractivity contribution in [3.8, 4) is 0 Å². The Kier molecular flexibility index (Phi) is 4.36. The van der Waals surface area contributed by atoms with E-state index < -0.39 is 5.82 Å². The van der Waals surface area contributed by atoms with Crippen LogP contribution in [0.15, 0.2) is 12.4 Å². The van der Waals surface area contributed by atoms with Gasteiger partial charge >= 0.3 is 0 Å². The van der Waals surface area contributed by atoms with E-state index in [1.165, 1.54) is 12.4 Å². The molecular formula is C19H23FN6O2. The molecule has 1 unspecified atom stereocenters. The maximum absolute atomic E-state index is 13.2. The highest BCUT2D eigenvalue weighted by molar-refractivity contribution is 5.45. The van der Waals surface area contributed by atoms with Gasteiger partial charge in [0, 0.05) is 37.4 Å². The molecule has 28 heavy (non-hydrogen) atoms. The maximum Gasteiger partial charge on any atom is 0.225 e. The van der Waals surface area contributed by atoms with Crippen molar-refractivity contribution in [3.63, 3.8) is 0 Å². The molecule has 0 radical (unpaired) electrons. The lowest BCUT2D eigenvalue weighted by molar-refractivity contribution is 0.0550. The van der Waals surface area contributed by atoms with E-state index in [1.807, 2.05) is 6.92 Å². The van der Waals surface area contributed by atoms with Gasteiger partial charge in [0.15, 0.2) is 5.82 Å². The van der Waals surface area contributed by atoms with E-state index in [0.29, 0.717) is 38.9 Å². The number of aromatic nitrogens is 4. The molecule has 3 aliphatic rings. The van der Waals surface area contributed by atoms with Crippen molar-refractivity contribution in [3.05, 3.63) is 35.2 Å². The third-order valence-corrected chi connectivity index (χ3v) is 5.87. The van der Waals surface area contributed by atoms with Crippen molar-refractivity contribution in [1.29, 1.82) is 0 Å². The maximum atomic E-state index is 13.2. The van der Waals surface area contributed by atoms with Crippen molar-refractivity contribution in [2.24, 2.45) is 0 Å². The predicted octanol–water partition coefficient (Wildman–Crippen LogP) is 1.23. The second-order valence-corrected chi connectivity index (χ2v) is 7.68. The lowest BCUT2D eigenvalue weighted by Crippen LogP contribution is -2.43. The number of hydrogen-bond donors (Lipinski definition) is 0. The van der Waals surface area contributed by atoms with Crippen molar-refractivity contribution in [2.75, 3.05) is 55.8 Å². The Morgan fingerprint density at radius 3 is 2.57 bits per heavy atom. The van der Waals surface area contributed by atoms with Crippen LogP contribution < -0.4 is 9.80 Å². The number of ether oxygens (including phenoxy) is 2. The highest BCUT2D eigenvalue weighted by Gasteiger charge is 2.46. The molecule has 3 aliphatic heterocycles. The standard InChI is InChI=1S/C19H23FN6O2/c1-13-15-10-28-12-19(2-3-26(11-19)17-21-8-14(20)9-22-17)16(15)24-18(23-13)25-4-6-27-7-5-25/h8-9H,2-7,10-12H2,1H3. The van der Waals surface area contributed by atoms with Crippen LogP contribution in [0.25, 0.3) is 0 Å². The van der Waals surface area contributed by atoms with Gasteiger partial charge in [0.2, 0.25) is 11.9 Å². The average Bonchev–Trinajstić information content (AvgIpc) is 3.14. The summed E-state index contributed by atoms with van der Waals surface area (Å²) in [5.41, 5.74) is 2.92. The summed E-state index contributed by atoms with van der Waals surface area (Å²) in [5.74, 6) is 0.893. The number of morpholine rings is 1. The van der Waals surface area contributed by atoms with E-state index in [1.54, 1.807) is 0 Å². The number of halogens is 1. The average molecular weight is 386 g/mol. The molecule has 148 valence electrons. The topological polar surface area (TPSA) is 76.5 Å². The number of anilines is 2. The van der Waals surface area contributed by atoms with Crippen LogP contribution in [0.5, 0.6) is 0 Å². The third kappa shape index (κ3) is 2.98. The van der Waals surface area contributed by atoms with Crippen LogP contribution >= 0.6 is 0 Å². The van der Waals surface area contributed by atoms with Crippen molar-refractivity contribution in [1.82, 2.24) is 19.9 Å². The van der Waals surface area contributed by atoms with Gasteiger partial charge in [-0.05, 0) is 13.3 Å². The second kappa shape index (κ2) is 6.89.